The Labute approximate surface area is 181 Å². The molecule has 10 heteroatoms. The summed E-state index contributed by atoms with van der Waals surface area (Å²) in [5.41, 5.74) is 5.28. The standard InChI is InChI=1S/C22H21F2N3O5/c1-31-17-10-26(9-16(17)25)19-15(24)7-13-18(21(19)32-2)27(8-14(20(13)28)22(29)30)12-5-3-11(23)4-6-12/h3-8,16-17H,9-10,25H2,1-2H3,(H,29,30). The van der Waals surface area contributed by atoms with Crippen LogP contribution < -0.4 is 20.8 Å². The lowest BCUT2D eigenvalue weighted by Gasteiger charge is -2.24. The van der Waals surface area contributed by atoms with Gasteiger partial charge < -0.3 is 29.8 Å². The lowest BCUT2D eigenvalue weighted by molar-refractivity contribution is 0.0695. The van der Waals surface area contributed by atoms with Crippen molar-refractivity contribution in [2.75, 3.05) is 32.2 Å². The predicted molar refractivity (Wildman–Crippen MR) is 114 cm³/mol. The van der Waals surface area contributed by atoms with Crippen molar-refractivity contribution in [2.24, 2.45) is 5.73 Å². The summed E-state index contributed by atoms with van der Waals surface area (Å²) in [7, 11) is 2.84. The van der Waals surface area contributed by atoms with Crippen molar-refractivity contribution in [2.45, 2.75) is 12.1 Å². The van der Waals surface area contributed by atoms with Crippen LogP contribution in [0.15, 0.2) is 41.3 Å². The predicted octanol–water partition coefficient (Wildman–Crippen LogP) is 2.14. The summed E-state index contributed by atoms with van der Waals surface area (Å²) in [5.74, 6) is -2.69. The number of anilines is 1. The molecule has 4 rings (SSSR count). The number of carbonyl (C=O) groups is 1. The van der Waals surface area contributed by atoms with E-state index in [4.69, 9.17) is 15.2 Å². The number of hydrogen-bond donors (Lipinski definition) is 2. The molecule has 1 saturated heterocycles. The Hall–Kier alpha value is -3.50. The number of nitrogens with two attached hydrogens (primary N) is 1. The van der Waals surface area contributed by atoms with Gasteiger partial charge >= 0.3 is 5.97 Å². The first-order valence-corrected chi connectivity index (χ1v) is 9.75. The molecule has 2 atom stereocenters. The Morgan fingerprint density at radius 3 is 2.44 bits per heavy atom. The van der Waals surface area contributed by atoms with Gasteiger partial charge in [0, 0.05) is 32.1 Å². The Balaban J connectivity index is 2.07. The van der Waals surface area contributed by atoms with Crippen molar-refractivity contribution < 1.29 is 28.2 Å². The molecule has 1 aromatic heterocycles. The molecular weight excluding hydrogens is 424 g/mol. The minimum Gasteiger partial charge on any atom is -0.492 e. The molecule has 3 aromatic rings. The average Bonchev–Trinajstić information content (AvgIpc) is 3.14. The van der Waals surface area contributed by atoms with E-state index >= 15 is 4.39 Å². The SMILES string of the molecule is COc1c(N2CC(N)C(OC)C2)c(F)cc2c(=O)c(C(=O)O)cn(-c3ccc(F)cc3)c12. The normalized spacial score (nSPS) is 18.3. The molecule has 168 valence electrons. The van der Waals surface area contributed by atoms with Crippen LogP contribution in [-0.4, -0.2) is 55.1 Å². The van der Waals surface area contributed by atoms with Gasteiger partial charge in [-0.3, -0.25) is 4.79 Å². The fourth-order valence-electron chi connectivity index (χ4n) is 4.09. The fraction of sp³-hybridized carbons (Fsp3) is 0.273. The summed E-state index contributed by atoms with van der Waals surface area (Å²) in [6, 6.07) is 5.85. The largest absolute Gasteiger partial charge is 0.492 e. The van der Waals surface area contributed by atoms with E-state index in [1.165, 1.54) is 43.1 Å². The quantitative estimate of drug-likeness (QED) is 0.620. The van der Waals surface area contributed by atoms with E-state index in [0.717, 1.165) is 12.3 Å². The van der Waals surface area contributed by atoms with Crippen LogP contribution in [0.4, 0.5) is 14.5 Å². The van der Waals surface area contributed by atoms with Crippen molar-refractivity contribution in [1.29, 1.82) is 0 Å². The number of aromatic carboxylic acids is 1. The fourth-order valence-corrected chi connectivity index (χ4v) is 4.09. The maximum absolute atomic E-state index is 15.3. The van der Waals surface area contributed by atoms with Crippen LogP contribution in [0.2, 0.25) is 0 Å². The summed E-state index contributed by atoms with van der Waals surface area (Å²) >= 11 is 0. The van der Waals surface area contributed by atoms with Gasteiger partial charge in [-0.1, -0.05) is 0 Å². The molecule has 0 radical (unpaired) electrons. The number of nitrogens with zero attached hydrogens (tertiary/aromatic N) is 2. The molecule has 0 spiro atoms. The number of ether oxygens (including phenoxy) is 2. The van der Waals surface area contributed by atoms with Gasteiger partial charge in [-0.15, -0.1) is 0 Å². The van der Waals surface area contributed by atoms with Gasteiger partial charge in [0.25, 0.3) is 0 Å². The molecule has 0 aliphatic carbocycles. The van der Waals surface area contributed by atoms with Gasteiger partial charge in [0.1, 0.15) is 22.6 Å². The number of carboxylic acids is 1. The third-order valence-corrected chi connectivity index (χ3v) is 5.64. The monoisotopic (exact) mass is 445 g/mol. The van der Waals surface area contributed by atoms with Crippen molar-refractivity contribution in [3.63, 3.8) is 0 Å². The first-order chi connectivity index (χ1) is 15.3. The van der Waals surface area contributed by atoms with E-state index < -0.39 is 28.6 Å². The van der Waals surface area contributed by atoms with E-state index in [-0.39, 0.29) is 41.0 Å². The van der Waals surface area contributed by atoms with Crippen LogP contribution in [0.3, 0.4) is 0 Å². The number of aromatic nitrogens is 1. The highest BCUT2D eigenvalue weighted by atomic mass is 19.1. The van der Waals surface area contributed by atoms with Crippen LogP contribution >= 0.6 is 0 Å². The zero-order valence-corrected chi connectivity index (χ0v) is 17.3. The molecule has 8 nitrogen and oxygen atoms in total. The van der Waals surface area contributed by atoms with Crippen LogP contribution in [-0.2, 0) is 4.74 Å². The van der Waals surface area contributed by atoms with Gasteiger partial charge in [0.2, 0.25) is 5.43 Å². The second-order valence-electron chi connectivity index (χ2n) is 7.50. The van der Waals surface area contributed by atoms with E-state index in [0.29, 0.717) is 12.2 Å². The third kappa shape index (κ3) is 3.47. The molecule has 1 aliphatic rings. The number of methoxy groups -OCH3 is 2. The van der Waals surface area contributed by atoms with Crippen LogP contribution in [0.25, 0.3) is 16.6 Å². The molecule has 1 aliphatic heterocycles. The van der Waals surface area contributed by atoms with Crippen molar-refractivity contribution in [1.82, 2.24) is 4.57 Å². The van der Waals surface area contributed by atoms with Gasteiger partial charge in [-0.2, -0.15) is 0 Å². The van der Waals surface area contributed by atoms with Crippen LogP contribution in [0.5, 0.6) is 5.75 Å². The zero-order chi connectivity index (χ0) is 23.2. The molecule has 0 bridgehead atoms. The first-order valence-electron chi connectivity index (χ1n) is 9.75. The Bertz CT molecular complexity index is 1260. The molecule has 2 unspecified atom stereocenters. The highest BCUT2D eigenvalue weighted by molar-refractivity contribution is 5.97. The van der Waals surface area contributed by atoms with Crippen molar-refractivity contribution in [3.8, 4) is 11.4 Å². The number of halogens is 2. The number of pyridine rings is 1. The first kappa shape index (κ1) is 21.7. The molecule has 2 heterocycles. The molecule has 0 amide bonds. The van der Waals surface area contributed by atoms with Crippen LogP contribution in [0.1, 0.15) is 10.4 Å². The van der Waals surface area contributed by atoms with E-state index in [9.17, 15) is 19.1 Å². The number of fused-ring (bicyclic) bond motifs is 1. The summed E-state index contributed by atoms with van der Waals surface area (Å²) in [6.45, 7) is 0.579. The van der Waals surface area contributed by atoms with Gasteiger partial charge in [-0.05, 0) is 30.3 Å². The number of carboxylic acid groups (broad SMARTS) is 1. The molecule has 3 N–H and O–H groups in total. The minimum atomic E-state index is -1.47. The lowest BCUT2D eigenvalue weighted by Crippen LogP contribution is -2.34. The smallest absolute Gasteiger partial charge is 0.341 e. The van der Waals surface area contributed by atoms with Gasteiger partial charge in [0.15, 0.2) is 11.6 Å². The second-order valence-corrected chi connectivity index (χ2v) is 7.50. The van der Waals surface area contributed by atoms with E-state index in [2.05, 4.69) is 0 Å². The van der Waals surface area contributed by atoms with Crippen molar-refractivity contribution in [3.05, 3.63) is 63.9 Å². The Morgan fingerprint density at radius 1 is 1.19 bits per heavy atom. The number of hydrogen-bond acceptors (Lipinski definition) is 6. The van der Waals surface area contributed by atoms with Gasteiger partial charge in [-0.25, -0.2) is 13.6 Å². The molecule has 1 fully saturated rings. The van der Waals surface area contributed by atoms with Gasteiger partial charge in [0.05, 0.1) is 24.6 Å². The lowest BCUT2D eigenvalue weighted by atomic mass is 10.1. The summed E-state index contributed by atoms with van der Waals surface area (Å²) in [5, 5.41) is 9.33. The highest BCUT2D eigenvalue weighted by Crippen LogP contribution is 2.40. The van der Waals surface area contributed by atoms with E-state index in [1.807, 2.05) is 0 Å². The van der Waals surface area contributed by atoms with E-state index in [1.54, 1.807) is 4.90 Å². The Kier molecular flexibility index (Phi) is 5.57. The molecule has 0 saturated carbocycles. The van der Waals surface area contributed by atoms with Crippen molar-refractivity contribution >= 4 is 22.6 Å². The second kappa shape index (κ2) is 8.21. The molecule has 32 heavy (non-hydrogen) atoms. The maximum atomic E-state index is 15.3. The number of benzene rings is 2. The Morgan fingerprint density at radius 2 is 1.88 bits per heavy atom. The summed E-state index contributed by atoms with van der Waals surface area (Å²) in [4.78, 5) is 26.2. The average molecular weight is 445 g/mol. The molecule has 2 aromatic carbocycles. The zero-order valence-electron chi connectivity index (χ0n) is 17.3. The maximum Gasteiger partial charge on any atom is 0.341 e. The summed E-state index contributed by atoms with van der Waals surface area (Å²) in [6.07, 6.45) is 0.793. The topological polar surface area (TPSA) is 107 Å². The summed E-state index contributed by atoms with van der Waals surface area (Å²) < 4.78 is 41.1. The third-order valence-electron chi connectivity index (χ3n) is 5.64. The molecular formula is C22H21F2N3O5. The minimum absolute atomic E-state index is 0.0299. The number of rotatable bonds is 5. The van der Waals surface area contributed by atoms with Crippen LogP contribution in [0, 0.1) is 11.6 Å². The highest BCUT2D eigenvalue weighted by Gasteiger charge is 2.34.